The SMILES string of the molecule is O=C1CN(C(=O)COC(=O)CCCOc2cccc(Br)c2)c2ccccc2N1. The molecule has 0 atom stereocenters. The largest absolute Gasteiger partial charge is 0.494 e. The predicted molar refractivity (Wildman–Crippen MR) is 107 cm³/mol. The van der Waals surface area contributed by atoms with Crippen molar-refractivity contribution in [3.63, 3.8) is 0 Å². The summed E-state index contributed by atoms with van der Waals surface area (Å²) in [6, 6.07) is 14.4. The molecule has 0 aromatic heterocycles. The van der Waals surface area contributed by atoms with E-state index in [1.54, 1.807) is 24.3 Å². The van der Waals surface area contributed by atoms with Crippen LogP contribution >= 0.6 is 15.9 Å². The van der Waals surface area contributed by atoms with Crippen LogP contribution in [0.25, 0.3) is 0 Å². The van der Waals surface area contributed by atoms with Gasteiger partial charge in [-0.15, -0.1) is 0 Å². The standard InChI is InChI=1S/C20H19BrN2O5/c21-14-5-3-6-15(11-14)27-10-4-9-20(26)28-13-19(25)23-12-18(24)22-16-7-1-2-8-17(16)23/h1-3,5-8,11H,4,9-10,12-13H2,(H,22,24). The third-order valence-corrected chi connectivity index (χ3v) is 4.51. The molecule has 0 spiro atoms. The smallest absolute Gasteiger partial charge is 0.306 e. The quantitative estimate of drug-likeness (QED) is 0.521. The number of hydrogen-bond donors (Lipinski definition) is 1. The minimum absolute atomic E-state index is 0.103. The number of nitrogens with zero attached hydrogens (tertiary/aromatic N) is 1. The molecule has 0 fully saturated rings. The van der Waals surface area contributed by atoms with E-state index < -0.39 is 18.5 Å². The normalized spacial score (nSPS) is 12.8. The van der Waals surface area contributed by atoms with Crippen molar-refractivity contribution in [3.8, 4) is 5.75 Å². The molecule has 1 heterocycles. The first-order valence-electron chi connectivity index (χ1n) is 8.76. The van der Waals surface area contributed by atoms with Crippen LogP contribution < -0.4 is 15.0 Å². The van der Waals surface area contributed by atoms with E-state index in [0.717, 1.165) is 4.47 Å². The lowest BCUT2D eigenvalue weighted by Crippen LogP contribution is -2.44. The number of nitrogens with one attached hydrogen (secondary N) is 1. The van der Waals surface area contributed by atoms with Crippen molar-refractivity contribution in [2.24, 2.45) is 0 Å². The fraction of sp³-hybridized carbons (Fsp3) is 0.250. The summed E-state index contributed by atoms with van der Waals surface area (Å²) in [5.41, 5.74) is 1.15. The Morgan fingerprint density at radius 3 is 2.79 bits per heavy atom. The number of fused-ring (bicyclic) bond motifs is 1. The summed E-state index contributed by atoms with van der Waals surface area (Å²) in [6.07, 6.45) is 0.604. The first-order valence-corrected chi connectivity index (χ1v) is 9.55. The monoisotopic (exact) mass is 446 g/mol. The number of amides is 2. The number of halogens is 1. The Labute approximate surface area is 170 Å². The van der Waals surface area contributed by atoms with Crippen molar-refractivity contribution < 1.29 is 23.9 Å². The van der Waals surface area contributed by atoms with Crippen LogP contribution in [0, 0.1) is 0 Å². The zero-order chi connectivity index (χ0) is 19.9. The van der Waals surface area contributed by atoms with Gasteiger partial charge in [0.25, 0.3) is 5.91 Å². The molecule has 0 aliphatic carbocycles. The number of anilines is 2. The molecule has 0 saturated heterocycles. The van der Waals surface area contributed by atoms with Crippen molar-refractivity contribution >= 4 is 45.1 Å². The van der Waals surface area contributed by atoms with Crippen LogP contribution in [0.15, 0.2) is 53.0 Å². The zero-order valence-corrected chi connectivity index (χ0v) is 16.6. The van der Waals surface area contributed by atoms with Crippen LogP contribution in [0.4, 0.5) is 11.4 Å². The maximum Gasteiger partial charge on any atom is 0.306 e. The lowest BCUT2D eigenvalue weighted by molar-refractivity contribution is -0.148. The number of hydrogen-bond acceptors (Lipinski definition) is 5. The second kappa shape index (κ2) is 9.36. The molecular formula is C20H19BrN2O5. The number of ether oxygens (including phenoxy) is 2. The molecule has 7 nitrogen and oxygen atoms in total. The van der Waals surface area contributed by atoms with Gasteiger partial charge >= 0.3 is 5.97 Å². The predicted octanol–water partition coefficient (Wildman–Crippen LogP) is 3.14. The van der Waals surface area contributed by atoms with Gasteiger partial charge < -0.3 is 14.8 Å². The average Bonchev–Trinajstić information content (AvgIpc) is 2.69. The van der Waals surface area contributed by atoms with E-state index >= 15 is 0 Å². The average molecular weight is 447 g/mol. The molecule has 2 aromatic carbocycles. The molecule has 1 aliphatic heterocycles. The number of esters is 1. The topological polar surface area (TPSA) is 84.9 Å². The molecule has 0 unspecified atom stereocenters. The van der Waals surface area contributed by atoms with E-state index in [2.05, 4.69) is 21.2 Å². The number of rotatable bonds is 7. The fourth-order valence-electron chi connectivity index (χ4n) is 2.71. The molecule has 146 valence electrons. The third kappa shape index (κ3) is 5.32. The Kier molecular flexibility index (Phi) is 6.65. The molecule has 0 bridgehead atoms. The lowest BCUT2D eigenvalue weighted by Gasteiger charge is -2.28. The first kappa shape index (κ1) is 19.9. The van der Waals surface area contributed by atoms with Gasteiger partial charge in [0.1, 0.15) is 12.3 Å². The zero-order valence-electron chi connectivity index (χ0n) is 15.0. The molecule has 28 heavy (non-hydrogen) atoms. The number of carbonyl (C=O) groups excluding carboxylic acids is 3. The van der Waals surface area contributed by atoms with Crippen molar-refractivity contribution in [2.75, 3.05) is 30.0 Å². The maximum atomic E-state index is 12.4. The highest BCUT2D eigenvalue weighted by atomic mass is 79.9. The molecule has 2 amide bonds. The van der Waals surface area contributed by atoms with Gasteiger partial charge in [-0.25, -0.2) is 0 Å². The molecule has 1 aliphatic rings. The highest BCUT2D eigenvalue weighted by molar-refractivity contribution is 9.10. The minimum Gasteiger partial charge on any atom is -0.494 e. The molecule has 3 rings (SSSR count). The highest BCUT2D eigenvalue weighted by Gasteiger charge is 2.27. The highest BCUT2D eigenvalue weighted by Crippen LogP contribution is 2.28. The summed E-state index contributed by atoms with van der Waals surface area (Å²) < 4.78 is 11.5. The van der Waals surface area contributed by atoms with Crippen molar-refractivity contribution in [1.82, 2.24) is 0 Å². The van der Waals surface area contributed by atoms with E-state index in [1.807, 2.05) is 24.3 Å². The second-order valence-corrected chi connectivity index (χ2v) is 7.03. The number of benzene rings is 2. The van der Waals surface area contributed by atoms with E-state index in [1.165, 1.54) is 4.90 Å². The van der Waals surface area contributed by atoms with E-state index in [4.69, 9.17) is 9.47 Å². The summed E-state index contributed by atoms with van der Waals surface area (Å²) in [4.78, 5) is 37.3. The number of para-hydroxylation sites is 2. The third-order valence-electron chi connectivity index (χ3n) is 4.02. The minimum atomic E-state index is -0.485. The van der Waals surface area contributed by atoms with E-state index in [-0.39, 0.29) is 18.9 Å². The summed E-state index contributed by atoms with van der Waals surface area (Å²) in [6.45, 7) is -0.153. The molecule has 0 radical (unpaired) electrons. The van der Waals surface area contributed by atoms with Gasteiger partial charge in [0, 0.05) is 10.9 Å². The Morgan fingerprint density at radius 2 is 1.96 bits per heavy atom. The molecule has 8 heteroatoms. The van der Waals surface area contributed by atoms with Crippen molar-refractivity contribution in [1.29, 1.82) is 0 Å². The molecule has 1 N–H and O–H groups in total. The second-order valence-electron chi connectivity index (χ2n) is 6.12. The van der Waals surface area contributed by atoms with Crippen LogP contribution in [0.1, 0.15) is 12.8 Å². The Hall–Kier alpha value is -2.87. The molecule has 0 saturated carbocycles. The Morgan fingerprint density at radius 1 is 1.14 bits per heavy atom. The number of carbonyl (C=O) groups is 3. The molecule has 2 aromatic rings. The summed E-state index contributed by atoms with van der Waals surface area (Å²) in [5, 5.41) is 2.70. The van der Waals surface area contributed by atoms with Crippen LogP contribution in [0.2, 0.25) is 0 Å². The lowest BCUT2D eigenvalue weighted by atomic mass is 10.2. The van der Waals surface area contributed by atoms with Gasteiger partial charge in [0.2, 0.25) is 5.91 Å². The maximum absolute atomic E-state index is 12.4. The van der Waals surface area contributed by atoms with Gasteiger partial charge in [-0.3, -0.25) is 19.3 Å². The Bertz CT molecular complexity index is 886. The molecular weight excluding hydrogens is 428 g/mol. The van der Waals surface area contributed by atoms with Crippen LogP contribution in [-0.4, -0.2) is 37.5 Å². The van der Waals surface area contributed by atoms with E-state index in [0.29, 0.717) is 30.2 Å². The summed E-state index contributed by atoms with van der Waals surface area (Å²) in [5.74, 6) is -0.509. The van der Waals surface area contributed by atoms with E-state index in [9.17, 15) is 14.4 Å². The van der Waals surface area contributed by atoms with Crippen molar-refractivity contribution in [3.05, 3.63) is 53.0 Å². The summed E-state index contributed by atoms with van der Waals surface area (Å²) >= 11 is 3.36. The Balaban J connectivity index is 1.42. The van der Waals surface area contributed by atoms with Crippen LogP contribution in [-0.2, 0) is 19.1 Å². The summed E-state index contributed by atoms with van der Waals surface area (Å²) in [7, 11) is 0. The van der Waals surface area contributed by atoms with Crippen molar-refractivity contribution in [2.45, 2.75) is 12.8 Å². The van der Waals surface area contributed by atoms with Gasteiger partial charge in [0.05, 0.1) is 18.0 Å². The van der Waals surface area contributed by atoms with Gasteiger partial charge in [-0.2, -0.15) is 0 Å². The van der Waals surface area contributed by atoms with Gasteiger partial charge in [-0.1, -0.05) is 34.1 Å². The van der Waals surface area contributed by atoms with Gasteiger partial charge in [0.15, 0.2) is 6.61 Å². The van der Waals surface area contributed by atoms with Gasteiger partial charge in [-0.05, 0) is 36.8 Å². The van der Waals surface area contributed by atoms with Crippen LogP contribution in [0.3, 0.4) is 0 Å². The fourth-order valence-corrected chi connectivity index (χ4v) is 3.09. The van der Waals surface area contributed by atoms with Crippen LogP contribution in [0.5, 0.6) is 5.75 Å². The first-order chi connectivity index (χ1) is 13.5.